The number of hydrogen-bond acceptors (Lipinski definition) is 8. The molecule has 7 unspecified atom stereocenters. The number of rotatable bonds is 62. The van der Waals surface area contributed by atoms with Crippen molar-refractivity contribution in [1.29, 1.82) is 0 Å². The van der Waals surface area contributed by atoms with Crippen molar-refractivity contribution in [2.24, 2.45) is 0 Å². The number of amides is 1. The van der Waals surface area contributed by atoms with E-state index in [4.69, 9.17) is 9.47 Å². The molecule has 1 saturated heterocycles. The third kappa shape index (κ3) is 54.1. The highest BCUT2D eigenvalue weighted by Gasteiger charge is 2.44. The van der Waals surface area contributed by atoms with Gasteiger partial charge in [0.1, 0.15) is 24.4 Å². The summed E-state index contributed by atoms with van der Waals surface area (Å²) in [6.07, 6.45) is 91.7. The summed E-state index contributed by atoms with van der Waals surface area (Å²) in [5.41, 5.74) is 0. The lowest BCUT2D eigenvalue weighted by Gasteiger charge is -2.40. The Hall–Kier alpha value is -3.41. The molecule has 7 atom stereocenters. The quantitative estimate of drug-likeness (QED) is 0.0261. The number of aliphatic hydroxyl groups excluding tert-OH is 5. The van der Waals surface area contributed by atoms with E-state index in [2.05, 4.69) is 129 Å². The van der Waals surface area contributed by atoms with E-state index in [1.807, 2.05) is 6.08 Å². The van der Waals surface area contributed by atoms with E-state index in [0.717, 1.165) is 89.9 Å². The van der Waals surface area contributed by atoms with E-state index >= 15 is 0 Å². The molecule has 87 heavy (non-hydrogen) atoms. The monoisotopic (exact) mass is 1210 g/mol. The normalized spacial score (nSPS) is 18.7. The van der Waals surface area contributed by atoms with Crippen LogP contribution in [0.4, 0.5) is 0 Å². The second-order valence-corrected chi connectivity index (χ2v) is 24.6. The number of nitrogens with one attached hydrogen (secondary N) is 1. The van der Waals surface area contributed by atoms with Crippen LogP contribution < -0.4 is 5.32 Å². The van der Waals surface area contributed by atoms with Crippen molar-refractivity contribution in [2.45, 2.75) is 352 Å². The fourth-order valence-corrected chi connectivity index (χ4v) is 10.9. The minimum atomic E-state index is -1.58. The maximum atomic E-state index is 13.1. The largest absolute Gasteiger partial charge is 0.394 e. The van der Waals surface area contributed by atoms with Gasteiger partial charge in [0.25, 0.3) is 0 Å². The molecule has 9 nitrogen and oxygen atoms in total. The number of aliphatic hydroxyl groups is 5. The average Bonchev–Trinajstić information content (AvgIpc) is 3.38. The first kappa shape index (κ1) is 81.6. The Kier molecular flexibility index (Phi) is 61.5. The average molecular weight is 1210 g/mol. The van der Waals surface area contributed by atoms with Gasteiger partial charge in [-0.15, -0.1) is 0 Å². The highest BCUT2D eigenvalue weighted by atomic mass is 16.7. The third-order valence-corrected chi connectivity index (χ3v) is 16.5. The van der Waals surface area contributed by atoms with E-state index in [9.17, 15) is 30.3 Å². The van der Waals surface area contributed by atoms with E-state index in [1.165, 1.54) is 199 Å². The Bertz CT molecular complexity index is 1790. The summed E-state index contributed by atoms with van der Waals surface area (Å²) in [7, 11) is 0. The summed E-state index contributed by atoms with van der Waals surface area (Å²) < 4.78 is 11.3. The predicted molar refractivity (Wildman–Crippen MR) is 373 cm³/mol. The lowest BCUT2D eigenvalue weighted by Crippen LogP contribution is -2.60. The molecule has 1 rings (SSSR count). The molecule has 0 saturated carbocycles. The van der Waals surface area contributed by atoms with Gasteiger partial charge in [0.2, 0.25) is 5.91 Å². The van der Waals surface area contributed by atoms with E-state index in [0.29, 0.717) is 6.42 Å². The van der Waals surface area contributed by atoms with Crippen LogP contribution in [-0.4, -0.2) is 87.5 Å². The summed E-state index contributed by atoms with van der Waals surface area (Å²) in [6.45, 7) is 3.67. The molecule has 0 aromatic carbocycles. The first-order chi connectivity index (χ1) is 42.8. The summed E-state index contributed by atoms with van der Waals surface area (Å²) in [6, 6.07) is -0.836. The number of carbonyl (C=O) groups is 1. The molecule has 0 aromatic heterocycles. The zero-order valence-corrected chi connectivity index (χ0v) is 56.0. The van der Waals surface area contributed by atoms with Crippen molar-refractivity contribution < 1.29 is 39.8 Å². The standard InChI is InChI=1S/C78H135NO8/c1-3-5-7-9-11-13-15-17-19-21-23-25-27-29-30-31-32-33-34-35-36-37-38-39-40-41-42-44-46-48-50-52-54-56-58-60-62-64-66-68-74(82)79-71(70-86-78-77(85)76(84)75(83)73(69-80)87-78)72(81)67-65-63-61-59-57-55-53-51-49-47-45-43-28-26-24-22-20-18-16-14-12-10-8-6-4-2/h5,7,11,13,17,19,23,25,29-30,32-33,35-36,49,51,57,59,65,67,71-73,75-78,80-81,83-85H,3-4,6,8-10,12,14-16,18,20-22,24,26-28,31,34,37-48,50,52-56,58,60-64,66,68-70H2,1-2H3,(H,79,82)/b7-5-,13-11-,19-17-,25-23-,30-29-,33-32-,36-35-,51-49+,59-57+,67-65+. The summed E-state index contributed by atoms with van der Waals surface area (Å²) in [5, 5.41) is 54.7. The lowest BCUT2D eigenvalue weighted by molar-refractivity contribution is -0.302. The van der Waals surface area contributed by atoms with Crippen LogP contribution in [0.2, 0.25) is 0 Å². The number of ether oxygens (including phenoxy) is 2. The van der Waals surface area contributed by atoms with Gasteiger partial charge in [0.05, 0.1) is 25.4 Å². The predicted octanol–water partition coefficient (Wildman–Crippen LogP) is 20.2. The van der Waals surface area contributed by atoms with Gasteiger partial charge >= 0.3 is 0 Å². The number of hydrogen-bond donors (Lipinski definition) is 6. The Morgan fingerprint density at radius 2 is 0.724 bits per heavy atom. The molecule has 1 fully saturated rings. The Morgan fingerprint density at radius 1 is 0.402 bits per heavy atom. The highest BCUT2D eigenvalue weighted by molar-refractivity contribution is 5.76. The fourth-order valence-electron chi connectivity index (χ4n) is 10.9. The fraction of sp³-hybridized carbons (Fsp3) is 0.731. The molecule has 0 aromatic rings. The third-order valence-electron chi connectivity index (χ3n) is 16.5. The molecule has 1 heterocycles. The first-order valence-corrected chi connectivity index (χ1v) is 36.3. The molecule has 1 aliphatic heterocycles. The molecule has 9 heteroatoms. The molecule has 0 radical (unpaired) electrons. The number of allylic oxidation sites excluding steroid dienone is 19. The van der Waals surface area contributed by atoms with Crippen LogP contribution in [0.15, 0.2) is 122 Å². The molecular weight excluding hydrogens is 1080 g/mol. The highest BCUT2D eigenvalue weighted by Crippen LogP contribution is 2.23. The minimum Gasteiger partial charge on any atom is -0.394 e. The minimum absolute atomic E-state index is 0.191. The smallest absolute Gasteiger partial charge is 0.220 e. The van der Waals surface area contributed by atoms with Crippen LogP contribution in [-0.2, 0) is 14.3 Å². The first-order valence-electron chi connectivity index (χ1n) is 36.3. The Morgan fingerprint density at radius 3 is 1.10 bits per heavy atom. The van der Waals surface area contributed by atoms with Gasteiger partial charge in [0.15, 0.2) is 6.29 Å². The zero-order chi connectivity index (χ0) is 62.8. The summed E-state index contributed by atoms with van der Waals surface area (Å²) >= 11 is 0. The Labute approximate surface area is 535 Å². The molecule has 0 spiro atoms. The molecule has 500 valence electrons. The van der Waals surface area contributed by atoms with Crippen molar-refractivity contribution in [2.75, 3.05) is 13.2 Å². The van der Waals surface area contributed by atoms with Crippen molar-refractivity contribution in [3.8, 4) is 0 Å². The summed E-state index contributed by atoms with van der Waals surface area (Å²) in [5.74, 6) is -0.191. The van der Waals surface area contributed by atoms with Gasteiger partial charge in [-0.05, 0) is 103 Å². The van der Waals surface area contributed by atoms with Crippen molar-refractivity contribution in [3.63, 3.8) is 0 Å². The number of unbranched alkanes of at least 4 members (excludes halogenated alkanes) is 34. The van der Waals surface area contributed by atoms with Crippen LogP contribution in [0.3, 0.4) is 0 Å². The van der Waals surface area contributed by atoms with Gasteiger partial charge in [-0.3, -0.25) is 4.79 Å². The molecule has 6 N–H and O–H groups in total. The zero-order valence-electron chi connectivity index (χ0n) is 56.0. The van der Waals surface area contributed by atoms with Crippen LogP contribution in [0.25, 0.3) is 0 Å². The van der Waals surface area contributed by atoms with Gasteiger partial charge in [0, 0.05) is 6.42 Å². The number of carbonyl (C=O) groups excluding carboxylic acids is 1. The van der Waals surface area contributed by atoms with E-state index in [-0.39, 0.29) is 12.5 Å². The van der Waals surface area contributed by atoms with Crippen molar-refractivity contribution in [3.05, 3.63) is 122 Å². The van der Waals surface area contributed by atoms with Gasteiger partial charge in [-0.1, -0.05) is 322 Å². The van der Waals surface area contributed by atoms with Crippen LogP contribution in [0.5, 0.6) is 0 Å². The summed E-state index contributed by atoms with van der Waals surface area (Å²) in [4.78, 5) is 13.1. The lowest BCUT2D eigenvalue weighted by atomic mass is 9.99. The molecule has 0 aliphatic carbocycles. The van der Waals surface area contributed by atoms with Gasteiger partial charge in [-0.2, -0.15) is 0 Å². The van der Waals surface area contributed by atoms with Gasteiger partial charge < -0.3 is 40.3 Å². The molecule has 1 aliphatic rings. The maximum absolute atomic E-state index is 13.1. The van der Waals surface area contributed by atoms with Crippen LogP contribution in [0.1, 0.15) is 309 Å². The van der Waals surface area contributed by atoms with Crippen LogP contribution >= 0.6 is 0 Å². The topological polar surface area (TPSA) is 149 Å². The second-order valence-electron chi connectivity index (χ2n) is 24.6. The van der Waals surface area contributed by atoms with Crippen molar-refractivity contribution in [1.82, 2.24) is 5.32 Å². The van der Waals surface area contributed by atoms with E-state index < -0.39 is 49.5 Å². The van der Waals surface area contributed by atoms with Gasteiger partial charge in [-0.25, -0.2) is 0 Å². The van der Waals surface area contributed by atoms with Crippen LogP contribution in [0, 0.1) is 0 Å². The SMILES string of the molecule is CC/C=C\C/C=C\C/C=C\C/C=C\C/C=C\C/C=C\C/C=C\CCCCCCCCCCCCCCCCCCCC(=O)NC(COC1OC(CO)C(O)C(O)C1O)C(O)/C=C/CC/C=C/CC/C=C/CCCCCCCCCCCCCCCCC. The molecule has 0 bridgehead atoms. The molecular formula is C78H135NO8. The second kappa shape index (κ2) is 65.5. The van der Waals surface area contributed by atoms with Crippen molar-refractivity contribution >= 4 is 5.91 Å². The van der Waals surface area contributed by atoms with E-state index in [1.54, 1.807) is 6.08 Å². The maximum Gasteiger partial charge on any atom is 0.220 e. The Balaban J connectivity index is 2.13. The molecule has 1 amide bonds.